The first-order valence-corrected chi connectivity index (χ1v) is 10.6. The average molecular weight is 427 g/mol. The maximum Gasteiger partial charge on any atom is 0.252 e. The van der Waals surface area contributed by atoms with Crippen molar-refractivity contribution in [3.8, 4) is 11.3 Å². The number of hydrogen-bond donors (Lipinski definition) is 2. The summed E-state index contributed by atoms with van der Waals surface area (Å²) >= 11 is 0. The molecule has 2 N–H and O–H groups in total. The fraction of sp³-hybridized carbons (Fsp3) is 0.192. The summed E-state index contributed by atoms with van der Waals surface area (Å²) in [6.07, 6.45) is 0. The molecule has 0 saturated heterocycles. The van der Waals surface area contributed by atoms with E-state index in [1.165, 1.54) is 6.92 Å². The van der Waals surface area contributed by atoms with Crippen LogP contribution in [-0.4, -0.2) is 48.9 Å². The Bertz CT molecular complexity index is 1300. The number of pyridine rings is 1. The van der Waals surface area contributed by atoms with Crippen molar-refractivity contribution in [3.05, 3.63) is 72.3 Å². The fourth-order valence-corrected chi connectivity index (χ4v) is 3.71. The summed E-state index contributed by atoms with van der Waals surface area (Å²) in [5.74, 6) is -0.240. The van der Waals surface area contributed by atoms with Crippen molar-refractivity contribution in [2.75, 3.05) is 32.5 Å². The number of hydrogen-bond acceptors (Lipinski definition) is 4. The van der Waals surface area contributed by atoms with Gasteiger partial charge in [-0.15, -0.1) is 0 Å². The minimum atomic E-state index is -0.121. The first-order valence-electron chi connectivity index (χ1n) is 10.6. The van der Waals surface area contributed by atoms with Crippen LogP contribution in [0.1, 0.15) is 17.3 Å². The number of amides is 2. The molecule has 0 radical (unpaired) electrons. The van der Waals surface area contributed by atoms with Crippen LogP contribution in [0.4, 0.5) is 5.69 Å². The van der Waals surface area contributed by atoms with Crippen molar-refractivity contribution in [1.82, 2.24) is 15.2 Å². The van der Waals surface area contributed by atoms with Crippen LogP contribution in [0, 0.1) is 0 Å². The van der Waals surface area contributed by atoms with Crippen molar-refractivity contribution >= 4 is 39.2 Å². The number of aromatic nitrogens is 1. The molecule has 0 aliphatic heterocycles. The molecule has 0 unspecified atom stereocenters. The number of anilines is 1. The molecule has 0 aliphatic carbocycles. The van der Waals surface area contributed by atoms with Crippen LogP contribution in [-0.2, 0) is 4.79 Å². The van der Waals surface area contributed by atoms with E-state index >= 15 is 0 Å². The number of carbonyl (C=O) groups is 2. The van der Waals surface area contributed by atoms with Crippen LogP contribution in [0.2, 0.25) is 0 Å². The van der Waals surface area contributed by atoms with Crippen LogP contribution in [0.5, 0.6) is 0 Å². The molecule has 0 atom stereocenters. The standard InChI is InChI=1S/C26H26N4O2/c1-17(31)28-20-11-8-19(9-12-20)24-16-23(26(32)27-14-15-30(2)3)22-13-10-18-6-4-5-7-21(18)25(22)29-24/h4-13,16H,14-15H2,1-3H3,(H,27,32)(H,28,31). The monoisotopic (exact) mass is 426 g/mol. The second-order valence-corrected chi connectivity index (χ2v) is 8.06. The van der Waals surface area contributed by atoms with Crippen molar-refractivity contribution < 1.29 is 9.59 Å². The molecule has 32 heavy (non-hydrogen) atoms. The van der Waals surface area contributed by atoms with Gasteiger partial charge in [-0.25, -0.2) is 4.98 Å². The van der Waals surface area contributed by atoms with Gasteiger partial charge in [0.25, 0.3) is 5.91 Å². The van der Waals surface area contributed by atoms with Gasteiger partial charge in [-0.2, -0.15) is 0 Å². The predicted octanol–water partition coefficient (Wildman–Crippen LogP) is 4.30. The highest BCUT2D eigenvalue weighted by atomic mass is 16.2. The first kappa shape index (κ1) is 21.5. The smallest absolute Gasteiger partial charge is 0.252 e. The van der Waals surface area contributed by atoms with E-state index < -0.39 is 0 Å². The molecule has 162 valence electrons. The Balaban J connectivity index is 1.83. The Hall–Kier alpha value is -3.77. The third kappa shape index (κ3) is 4.60. The summed E-state index contributed by atoms with van der Waals surface area (Å²) in [5, 5.41) is 8.70. The van der Waals surface area contributed by atoms with E-state index in [0.717, 1.165) is 33.8 Å². The number of rotatable bonds is 6. The molecule has 2 amide bonds. The molecule has 6 heteroatoms. The molecule has 6 nitrogen and oxygen atoms in total. The summed E-state index contributed by atoms with van der Waals surface area (Å²) in [6.45, 7) is 2.80. The summed E-state index contributed by atoms with van der Waals surface area (Å²) < 4.78 is 0. The van der Waals surface area contributed by atoms with Crippen LogP contribution in [0.3, 0.4) is 0 Å². The van der Waals surface area contributed by atoms with Crippen molar-refractivity contribution in [2.24, 2.45) is 0 Å². The average Bonchev–Trinajstić information content (AvgIpc) is 2.78. The highest BCUT2D eigenvalue weighted by Gasteiger charge is 2.16. The number of carbonyl (C=O) groups excluding carboxylic acids is 2. The Morgan fingerprint density at radius 2 is 1.69 bits per heavy atom. The van der Waals surface area contributed by atoms with Crippen LogP contribution in [0.25, 0.3) is 32.9 Å². The molecule has 1 heterocycles. The normalized spacial score (nSPS) is 11.1. The minimum Gasteiger partial charge on any atom is -0.351 e. The second-order valence-electron chi connectivity index (χ2n) is 8.06. The van der Waals surface area contributed by atoms with Gasteiger partial charge in [0.05, 0.1) is 16.8 Å². The lowest BCUT2D eigenvalue weighted by atomic mass is 9.99. The molecule has 0 fully saturated rings. The van der Waals surface area contributed by atoms with Gasteiger partial charge in [-0.1, -0.05) is 48.5 Å². The van der Waals surface area contributed by atoms with Crippen LogP contribution < -0.4 is 10.6 Å². The number of benzene rings is 3. The largest absolute Gasteiger partial charge is 0.351 e. The van der Waals surface area contributed by atoms with Crippen molar-refractivity contribution in [1.29, 1.82) is 0 Å². The predicted molar refractivity (Wildman–Crippen MR) is 130 cm³/mol. The highest BCUT2D eigenvalue weighted by Crippen LogP contribution is 2.30. The zero-order valence-electron chi connectivity index (χ0n) is 18.5. The molecule has 0 spiro atoms. The number of fused-ring (bicyclic) bond motifs is 3. The fourth-order valence-electron chi connectivity index (χ4n) is 3.71. The van der Waals surface area contributed by atoms with E-state index in [1.807, 2.05) is 85.7 Å². The quantitative estimate of drug-likeness (QED) is 0.451. The van der Waals surface area contributed by atoms with Gasteiger partial charge in [0, 0.05) is 42.0 Å². The Morgan fingerprint density at radius 1 is 0.938 bits per heavy atom. The second kappa shape index (κ2) is 9.16. The van der Waals surface area contributed by atoms with E-state index in [0.29, 0.717) is 23.5 Å². The molecule has 3 aromatic carbocycles. The lowest BCUT2D eigenvalue weighted by Gasteiger charge is -2.14. The van der Waals surface area contributed by atoms with Crippen LogP contribution >= 0.6 is 0 Å². The topological polar surface area (TPSA) is 74.3 Å². The van der Waals surface area contributed by atoms with Gasteiger partial charge in [-0.05, 0) is 37.7 Å². The summed E-state index contributed by atoms with van der Waals surface area (Å²) in [4.78, 5) is 31.4. The minimum absolute atomic E-state index is 0.120. The maximum atomic E-state index is 13.1. The van der Waals surface area contributed by atoms with E-state index in [9.17, 15) is 9.59 Å². The molecule has 0 aliphatic rings. The van der Waals surface area contributed by atoms with Crippen LogP contribution in [0.15, 0.2) is 66.7 Å². The van der Waals surface area contributed by atoms with Crippen molar-refractivity contribution in [3.63, 3.8) is 0 Å². The Labute approximate surface area is 187 Å². The SMILES string of the molecule is CC(=O)Nc1ccc(-c2cc(C(=O)NCCN(C)C)c3ccc4ccccc4c3n2)cc1. The lowest BCUT2D eigenvalue weighted by molar-refractivity contribution is -0.114. The van der Waals surface area contributed by atoms with Gasteiger partial charge >= 0.3 is 0 Å². The summed E-state index contributed by atoms with van der Waals surface area (Å²) in [6, 6.07) is 21.4. The Morgan fingerprint density at radius 3 is 2.41 bits per heavy atom. The third-order valence-corrected chi connectivity index (χ3v) is 5.29. The van der Waals surface area contributed by atoms with E-state index in [-0.39, 0.29) is 11.8 Å². The third-order valence-electron chi connectivity index (χ3n) is 5.29. The zero-order chi connectivity index (χ0) is 22.7. The number of nitrogens with one attached hydrogen (secondary N) is 2. The Kier molecular flexibility index (Phi) is 6.14. The number of nitrogens with zero attached hydrogens (tertiary/aromatic N) is 2. The van der Waals surface area contributed by atoms with Gasteiger partial charge in [0.15, 0.2) is 0 Å². The van der Waals surface area contributed by atoms with Gasteiger partial charge in [-0.3, -0.25) is 9.59 Å². The maximum absolute atomic E-state index is 13.1. The number of likely N-dealkylation sites (N-methyl/N-ethyl adjacent to an activating group) is 1. The molecule has 4 aromatic rings. The van der Waals surface area contributed by atoms with Gasteiger partial charge < -0.3 is 15.5 Å². The van der Waals surface area contributed by atoms with E-state index in [4.69, 9.17) is 4.98 Å². The van der Waals surface area contributed by atoms with E-state index in [1.54, 1.807) is 0 Å². The molecular weight excluding hydrogens is 400 g/mol. The highest BCUT2D eigenvalue weighted by molar-refractivity contribution is 6.14. The first-order chi connectivity index (χ1) is 15.4. The molecule has 0 bridgehead atoms. The van der Waals surface area contributed by atoms with Crippen molar-refractivity contribution in [2.45, 2.75) is 6.92 Å². The summed E-state index contributed by atoms with van der Waals surface area (Å²) in [5.41, 5.74) is 3.69. The summed E-state index contributed by atoms with van der Waals surface area (Å²) in [7, 11) is 3.95. The lowest BCUT2D eigenvalue weighted by Crippen LogP contribution is -2.31. The van der Waals surface area contributed by atoms with Gasteiger partial charge in [0.2, 0.25) is 5.91 Å². The molecule has 1 aromatic heterocycles. The zero-order valence-corrected chi connectivity index (χ0v) is 18.5. The molecular formula is C26H26N4O2. The molecule has 4 rings (SSSR count). The van der Waals surface area contributed by atoms with E-state index in [2.05, 4.69) is 10.6 Å². The molecule has 0 saturated carbocycles. The van der Waals surface area contributed by atoms with Gasteiger partial charge in [0.1, 0.15) is 0 Å².